The summed E-state index contributed by atoms with van der Waals surface area (Å²) in [5.74, 6) is -0.902. The number of benzene rings is 2. The average Bonchev–Trinajstić information content (AvgIpc) is 3.46. The van der Waals surface area contributed by atoms with Crippen LogP contribution in [0.25, 0.3) is 11.1 Å². The first kappa shape index (κ1) is 23.0. The van der Waals surface area contributed by atoms with E-state index in [0.29, 0.717) is 12.5 Å². The highest BCUT2D eigenvalue weighted by Crippen LogP contribution is 2.44. The summed E-state index contributed by atoms with van der Waals surface area (Å²) in [6, 6.07) is 16.2. The molecule has 0 radical (unpaired) electrons. The van der Waals surface area contributed by atoms with Crippen molar-refractivity contribution in [3.8, 4) is 11.1 Å². The van der Waals surface area contributed by atoms with Crippen molar-refractivity contribution in [1.82, 2.24) is 9.88 Å². The summed E-state index contributed by atoms with van der Waals surface area (Å²) in [5, 5.41) is 13.4. The second-order valence-electron chi connectivity index (χ2n) is 8.83. The van der Waals surface area contributed by atoms with Gasteiger partial charge in [-0.1, -0.05) is 48.5 Å². The number of rotatable bonds is 9. The number of anilines is 1. The third kappa shape index (κ3) is 5.19. The Balaban J connectivity index is 1.20. The molecule has 2 aliphatic carbocycles. The van der Waals surface area contributed by atoms with Crippen LogP contribution in [0.3, 0.4) is 0 Å². The van der Waals surface area contributed by atoms with E-state index < -0.39 is 12.1 Å². The first-order chi connectivity index (χ1) is 17.0. The monoisotopic (exact) mass is 491 g/mol. The number of nitrogens with zero attached hydrogens (tertiary/aromatic N) is 2. The van der Waals surface area contributed by atoms with Crippen LogP contribution in [0.1, 0.15) is 46.8 Å². The fourth-order valence-electron chi connectivity index (χ4n) is 4.43. The molecule has 1 aromatic heterocycles. The van der Waals surface area contributed by atoms with Crippen molar-refractivity contribution in [3.05, 3.63) is 70.7 Å². The van der Waals surface area contributed by atoms with Crippen LogP contribution in [0.5, 0.6) is 0 Å². The number of amides is 2. The molecule has 0 saturated heterocycles. The van der Waals surface area contributed by atoms with Gasteiger partial charge in [0.1, 0.15) is 12.3 Å². The van der Waals surface area contributed by atoms with Crippen molar-refractivity contribution in [2.45, 2.75) is 25.2 Å². The van der Waals surface area contributed by atoms with Crippen molar-refractivity contribution in [3.63, 3.8) is 0 Å². The number of aromatic nitrogens is 1. The number of nitrogens with one attached hydrogen (secondary N) is 1. The summed E-state index contributed by atoms with van der Waals surface area (Å²) < 4.78 is 5.54. The molecule has 0 atom stereocenters. The van der Waals surface area contributed by atoms with Crippen LogP contribution in [0, 0.1) is 5.92 Å². The molecule has 1 heterocycles. The molecule has 2 amide bonds. The van der Waals surface area contributed by atoms with Crippen molar-refractivity contribution >= 4 is 34.4 Å². The lowest BCUT2D eigenvalue weighted by molar-refractivity contribution is -0.137. The molecule has 1 fully saturated rings. The summed E-state index contributed by atoms with van der Waals surface area (Å²) in [5.41, 5.74) is 4.74. The second-order valence-corrected chi connectivity index (χ2v) is 9.68. The molecule has 0 bridgehead atoms. The Labute approximate surface area is 206 Å². The molecular formula is C26H25N3O5S. The van der Waals surface area contributed by atoms with Gasteiger partial charge in [0, 0.05) is 24.4 Å². The molecule has 1 saturated carbocycles. The average molecular weight is 492 g/mol. The van der Waals surface area contributed by atoms with Gasteiger partial charge in [0.05, 0.1) is 6.42 Å². The number of fused-ring (bicyclic) bond motifs is 3. The smallest absolute Gasteiger partial charge is 0.413 e. The number of thiazole rings is 1. The molecular weight excluding hydrogens is 466 g/mol. The first-order valence-electron chi connectivity index (χ1n) is 11.6. The van der Waals surface area contributed by atoms with Crippen LogP contribution >= 0.6 is 11.3 Å². The third-order valence-corrected chi connectivity index (χ3v) is 7.09. The maximum absolute atomic E-state index is 12.9. The van der Waals surface area contributed by atoms with Gasteiger partial charge in [-0.05, 0) is 41.0 Å². The Morgan fingerprint density at radius 2 is 1.71 bits per heavy atom. The van der Waals surface area contributed by atoms with Gasteiger partial charge in [0.2, 0.25) is 0 Å². The Hall–Kier alpha value is -3.72. The van der Waals surface area contributed by atoms with Crippen LogP contribution in [0.2, 0.25) is 0 Å². The highest BCUT2D eigenvalue weighted by Gasteiger charge is 2.30. The maximum atomic E-state index is 12.9. The fourth-order valence-corrected chi connectivity index (χ4v) is 5.10. The van der Waals surface area contributed by atoms with E-state index in [-0.39, 0.29) is 42.2 Å². The summed E-state index contributed by atoms with van der Waals surface area (Å²) in [7, 11) is 0. The molecule has 0 spiro atoms. The quantitative estimate of drug-likeness (QED) is 0.444. The second kappa shape index (κ2) is 9.87. The lowest BCUT2D eigenvalue weighted by Crippen LogP contribution is -2.35. The summed E-state index contributed by atoms with van der Waals surface area (Å²) in [6.07, 6.45) is 1.33. The number of ether oxygens (including phenoxy) is 1. The molecule has 2 aromatic carbocycles. The minimum Gasteiger partial charge on any atom is -0.481 e. The van der Waals surface area contributed by atoms with E-state index in [0.717, 1.165) is 46.4 Å². The van der Waals surface area contributed by atoms with E-state index >= 15 is 0 Å². The SMILES string of the molecule is O=C(O)CCN(CC1CC1)C(=O)c1csc(NC(=O)OCC2c3ccccc3-c3ccccc32)n1. The molecule has 3 aromatic rings. The lowest BCUT2D eigenvalue weighted by Gasteiger charge is -2.20. The van der Waals surface area contributed by atoms with E-state index in [1.165, 1.54) is 4.90 Å². The van der Waals surface area contributed by atoms with Crippen molar-refractivity contribution in [2.75, 3.05) is 25.0 Å². The number of carbonyl (C=O) groups excluding carboxylic acids is 2. The summed E-state index contributed by atoms with van der Waals surface area (Å²) in [6.45, 7) is 0.845. The van der Waals surface area contributed by atoms with Crippen LogP contribution < -0.4 is 5.32 Å². The zero-order chi connectivity index (χ0) is 24.4. The van der Waals surface area contributed by atoms with Crippen LogP contribution in [-0.4, -0.2) is 52.7 Å². The molecule has 2 aliphatic rings. The van der Waals surface area contributed by atoms with Gasteiger partial charge < -0.3 is 14.7 Å². The Morgan fingerprint density at radius 1 is 1.06 bits per heavy atom. The summed E-state index contributed by atoms with van der Waals surface area (Å²) in [4.78, 5) is 42.2. The number of aliphatic carboxylic acids is 1. The molecule has 8 nitrogen and oxygen atoms in total. The molecule has 0 unspecified atom stereocenters. The minimum atomic E-state index is -0.950. The maximum Gasteiger partial charge on any atom is 0.413 e. The van der Waals surface area contributed by atoms with E-state index in [1.807, 2.05) is 24.3 Å². The van der Waals surface area contributed by atoms with Gasteiger partial charge in [-0.15, -0.1) is 11.3 Å². The fraction of sp³-hybridized carbons (Fsp3) is 0.308. The van der Waals surface area contributed by atoms with Crippen LogP contribution in [0.4, 0.5) is 9.93 Å². The predicted octanol–water partition coefficient (Wildman–Crippen LogP) is 4.83. The molecule has 9 heteroatoms. The lowest BCUT2D eigenvalue weighted by atomic mass is 9.98. The van der Waals surface area contributed by atoms with Crippen molar-refractivity contribution in [2.24, 2.45) is 5.92 Å². The number of hydrogen-bond donors (Lipinski definition) is 2. The van der Waals surface area contributed by atoms with Crippen molar-refractivity contribution < 1.29 is 24.2 Å². The normalized spacial score (nSPS) is 14.2. The van der Waals surface area contributed by atoms with Gasteiger partial charge in [-0.3, -0.25) is 14.9 Å². The molecule has 2 N–H and O–H groups in total. The van der Waals surface area contributed by atoms with Crippen LogP contribution in [-0.2, 0) is 9.53 Å². The van der Waals surface area contributed by atoms with Gasteiger partial charge in [-0.25, -0.2) is 9.78 Å². The van der Waals surface area contributed by atoms with Gasteiger partial charge in [-0.2, -0.15) is 0 Å². The van der Waals surface area contributed by atoms with E-state index in [9.17, 15) is 14.4 Å². The zero-order valence-electron chi connectivity index (χ0n) is 19.0. The van der Waals surface area contributed by atoms with E-state index in [2.05, 4.69) is 34.6 Å². The van der Waals surface area contributed by atoms with Crippen molar-refractivity contribution in [1.29, 1.82) is 0 Å². The first-order valence-corrected chi connectivity index (χ1v) is 12.5. The number of carboxylic acids is 1. The van der Waals surface area contributed by atoms with E-state index in [4.69, 9.17) is 9.84 Å². The van der Waals surface area contributed by atoms with Gasteiger partial charge in [0.15, 0.2) is 5.13 Å². The Morgan fingerprint density at radius 3 is 2.34 bits per heavy atom. The standard InChI is InChI=1S/C26H25N3O5S/c30-23(31)11-12-29(13-16-9-10-16)24(32)22-15-35-25(27-22)28-26(33)34-14-21-19-7-3-1-5-17(19)18-6-2-4-8-20(18)21/h1-8,15-16,21H,9-14H2,(H,30,31)(H,27,28,33). The Bertz CT molecular complexity index is 1220. The highest BCUT2D eigenvalue weighted by atomic mass is 32.1. The predicted molar refractivity (Wildman–Crippen MR) is 132 cm³/mol. The summed E-state index contributed by atoms with van der Waals surface area (Å²) >= 11 is 1.13. The minimum absolute atomic E-state index is 0.0493. The highest BCUT2D eigenvalue weighted by molar-refractivity contribution is 7.14. The zero-order valence-corrected chi connectivity index (χ0v) is 19.8. The topological polar surface area (TPSA) is 109 Å². The molecule has 5 rings (SSSR count). The van der Waals surface area contributed by atoms with E-state index in [1.54, 1.807) is 5.38 Å². The van der Waals surface area contributed by atoms with Gasteiger partial charge in [0.25, 0.3) is 5.91 Å². The van der Waals surface area contributed by atoms with Gasteiger partial charge >= 0.3 is 12.1 Å². The molecule has 0 aliphatic heterocycles. The molecule has 35 heavy (non-hydrogen) atoms. The largest absolute Gasteiger partial charge is 0.481 e. The number of carboxylic acid groups (broad SMARTS) is 1. The third-order valence-electron chi connectivity index (χ3n) is 6.33. The van der Waals surface area contributed by atoms with Crippen LogP contribution in [0.15, 0.2) is 53.9 Å². The number of carbonyl (C=O) groups is 3. The number of hydrogen-bond acceptors (Lipinski definition) is 6. The molecule has 180 valence electrons. The Kier molecular flexibility index (Phi) is 6.50.